The maximum atomic E-state index is 12.1. The second kappa shape index (κ2) is 6.81. The quantitative estimate of drug-likeness (QED) is 0.738. The third-order valence-corrected chi connectivity index (χ3v) is 3.19. The lowest BCUT2D eigenvalue weighted by Gasteiger charge is -2.18. The highest BCUT2D eigenvalue weighted by Crippen LogP contribution is 2.15. The molecular formula is C10H16ClN3OS. The van der Waals surface area contributed by atoms with Crippen LogP contribution in [-0.4, -0.2) is 39.4 Å². The molecule has 0 spiro atoms. The first-order chi connectivity index (χ1) is 7.74. The van der Waals surface area contributed by atoms with Crippen molar-refractivity contribution in [2.45, 2.75) is 26.7 Å². The van der Waals surface area contributed by atoms with Crippen LogP contribution < -0.4 is 0 Å². The van der Waals surface area contributed by atoms with E-state index in [9.17, 15) is 4.79 Å². The van der Waals surface area contributed by atoms with E-state index in [0.29, 0.717) is 23.8 Å². The van der Waals surface area contributed by atoms with Crippen LogP contribution in [0.1, 0.15) is 35.6 Å². The van der Waals surface area contributed by atoms with E-state index >= 15 is 0 Å². The molecule has 0 N–H and O–H groups in total. The molecule has 4 nitrogen and oxygen atoms in total. The zero-order valence-corrected chi connectivity index (χ0v) is 11.1. The Morgan fingerprint density at radius 3 is 2.81 bits per heavy atom. The molecule has 0 unspecified atom stereocenters. The Morgan fingerprint density at radius 2 is 2.25 bits per heavy atom. The average molecular weight is 262 g/mol. The molecule has 1 rings (SSSR count). The van der Waals surface area contributed by atoms with Crippen molar-refractivity contribution < 1.29 is 4.79 Å². The van der Waals surface area contributed by atoms with Crippen LogP contribution in [0, 0.1) is 0 Å². The van der Waals surface area contributed by atoms with Gasteiger partial charge in [-0.3, -0.25) is 4.79 Å². The summed E-state index contributed by atoms with van der Waals surface area (Å²) in [6.07, 6.45) is 1.77. The van der Waals surface area contributed by atoms with Gasteiger partial charge in [-0.2, -0.15) is 0 Å². The Bertz CT molecular complexity index is 343. The van der Waals surface area contributed by atoms with Crippen LogP contribution in [-0.2, 0) is 6.42 Å². The van der Waals surface area contributed by atoms with Gasteiger partial charge in [0.2, 0.25) is 0 Å². The van der Waals surface area contributed by atoms with Gasteiger partial charge in [-0.1, -0.05) is 17.8 Å². The zero-order valence-electron chi connectivity index (χ0n) is 9.57. The van der Waals surface area contributed by atoms with Gasteiger partial charge in [-0.05, 0) is 24.9 Å². The molecule has 0 aliphatic carbocycles. The Labute approximate surface area is 105 Å². The summed E-state index contributed by atoms with van der Waals surface area (Å²) in [7, 11) is 0. The lowest BCUT2D eigenvalue weighted by molar-refractivity contribution is 0.0777. The van der Waals surface area contributed by atoms with Crippen LogP contribution in [0.2, 0.25) is 0 Å². The summed E-state index contributed by atoms with van der Waals surface area (Å²) in [6, 6.07) is 0. The highest BCUT2D eigenvalue weighted by atomic mass is 35.5. The largest absolute Gasteiger partial charge is 0.337 e. The molecule has 1 amide bonds. The molecule has 0 aliphatic rings. The van der Waals surface area contributed by atoms with Crippen LogP contribution in [0.4, 0.5) is 0 Å². The van der Waals surface area contributed by atoms with Crippen molar-refractivity contribution >= 4 is 29.0 Å². The molecule has 1 aromatic rings. The van der Waals surface area contributed by atoms with Gasteiger partial charge in [-0.15, -0.1) is 16.7 Å². The number of carbonyl (C=O) groups is 1. The van der Waals surface area contributed by atoms with Gasteiger partial charge in [-0.25, -0.2) is 0 Å². The van der Waals surface area contributed by atoms with Gasteiger partial charge in [0, 0.05) is 19.0 Å². The molecule has 0 radical (unpaired) electrons. The van der Waals surface area contributed by atoms with Crippen LogP contribution in [0.5, 0.6) is 0 Å². The summed E-state index contributed by atoms with van der Waals surface area (Å²) in [6.45, 7) is 5.23. The first-order valence-electron chi connectivity index (χ1n) is 5.41. The first kappa shape index (κ1) is 13.4. The predicted octanol–water partition coefficient (Wildman–Crippen LogP) is 2.19. The normalized spacial score (nSPS) is 10.4. The van der Waals surface area contributed by atoms with Gasteiger partial charge >= 0.3 is 0 Å². The summed E-state index contributed by atoms with van der Waals surface area (Å²) in [5.74, 6) is 0.455. The average Bonchev–Trinajstić information content (AvgIpc) is 2.73. The molecule has 0 bridgehead atoms. The second-order valence-electron chi connectivity index (χ2n) is 3.37. The Hall–Kier alpha value is -0.680. The minimum absolute atomic E-state index is 0.00148. The monoisotopic (exact) mass is 261 g/mol. The minimum Gasteiger partial charge on any atom is -0.337 e. The molecule has 0 atom stereocenters. The molecule has 0 aromatic carbocycles. The summed E-state index contributed by atoms with van der Waals surface area (Å²) >= 11 is 6.83. The van der Waals surface area contributed by atoms with Crippen molar-refractivity contribution in [2.24, 2.45) is 0 Å². The summed E-state index contributed by atoms with van der Waals surface area (Å²) < 4.78 is 3.85. The Morgan fingerprint density at radius 1 is 1.50 bits per heavy atom. The third-order valence-electron chi connectivity index (χ3n) is 2.26. The SMILES string of the molecule is CCCc1nnsc1C(=O)N(CC)CCCl. The Kier molecular flexibility index (Phi) is 5.69. The van der Waals surface area contributed by atoms with E-state index in [4.69, 9.17) is 11.6 Å². The number of aryl methyl sites for hydroxylation is 1. The van der Waals surface area contributed by atoms with E-state index in [-0.39, 0.29) is 5.91 Å². The van der Waals surface area contributed by atoms with Gasteiger partial charge in [0.05, 0.1) is 5.69 Å². The van der Waals surface area contributed by atoms with Gasteiger partial charge in [0.1, 0.15) is 4.88 Å². The Balaban J connectivity index is 2.81. The van der Waals surface area contributed by atoms with Crippen molar-refractivity contribution in [3.05, 3.63) is 10.6 Å². The fourth-order valence-corrected chi connectivity index (χ4v) is 2.30. The smallest absolute Gasteiger partial charge is 0.267 e. The number of halogens is 1. The number of alkyl halides is 1. The van der Waals surface area contributed by atoms with Crippen molar-refractivity contribution in [1.82, 2.24) is 14.5 Å². The lowest BCUT2D eigenvalue weighted by Crippen LogP contribution is -2.32. The maximum Gasteiger partial charge on any atom is 0.267 e. The summed E-state index contributed by atoms with van der Waals surface area (Å²) in [5.41, 5.74) is 0.811. The molecule has 16 heavy (non-hydrogen) atoms. The summed E-state index contributed by atoms with van der Waals surface area (Å²) in [4.78, 5) is 14.5. The topological polar surface area (TPSA) is 46.1 Å². The standard InChI is InChI=1S/C10H16ClN3OS/c1-3-5-8-9(16-13-12-8)10(15)14(4-2)7-6-11/h3-7H2,1-2H3. The van der Waals surface area contributed by atoms with E-state index in [2.05, 4.69) is 16.5 Å². The van der Waals surface area contributed by atoms with Crippen LogP contribution >= 0.6 is 23.1 Å². The van der Waals surface area contributed by atoms with E-state index < -0.39 is 0 Å². The molecule has 0 saturated carbocycles. The van der Waals surface area contributed by atoms with E-state index in [1.54, 1.807) is 4.90 Å². The van der Waals surface area contributed by atoms with Crippen LogP contribution in [0.25, 0.3) is 0 Å². The molecule has 6 heteroatoms. The highest BCUT2D eigenvalue weighted by Gasteiger charge is 2.20. The van der Waals surface area contributed by atoms with E-state index in [1.807, 2.05) is 6.92 Å². The minimum atomic E-state index is 0.00148. The fourth-order valence-electron chi connectivity index (χ4n) is 1.42. The second-order valence-corrected chi connectivity index (χ2v) is 4.50. The number of nitrogens with zero attached hydrogens (tertiary/aromatic N) is 3. The molecule has 0 saturated heterocycles. The van der Waals surface area contributed by atoms with Gasteiger partial charge < -0.3 is 4.90 Å². The molecule has 0 fully saturated rings. The van der Waals surface area contributed by atoms with Crippen LogP contribution in [0.15, 0.2) is 0 Å². The number of rotatable bonds is 6. The van der Waals surface area contributed by atoms with Crippen molar-refractivity contribution in [3.63, 3.8) is 0 Å². The molecular weight excluding hydrogens is 246 g/mol. The lowest BCUT2D eigenvalue weighted by atomic mass is 10.2. The van der Waals surface area contributed by atoms with Gasteiger partial charge in [0.15, 0.2) is 0 Å². The highest BCUT2D eigenvalue weighted by molar-refractivity contribution is 7.08. The van der Waals surface area contributed by atoms with Crippen molar-refractivity contribution in [2.75, 3.05) is 19.0 Å². The molecule has 0 aliphatic heterocycles. The molecule has 1 heterocycles. The summed E-state index contributed by atoms with van der Waals surface area (Å²) in [5, 5.41) is 3.99. The van der Waals surface area contributed by atoms with Crippen molar-refractivity contribution in [1.29, 1.82) is 0 Å². The predicted molar refractivity (Wildman–Crippen MR) is 66.2 cm³/mol. The van der Waals surface area contributed by atoms with Crippen molar-refractivity contribution in [3.8, 4) is 0 Å². The zero-order chi connectivity index (χ0) is 12.0. The first-order valence-corrected chi connectivity index (χ1v) is 6.71. The van der Waals surface area contributed by atoms with E-state index in [1.165, 1.54) is 11.5 Å². The third kappa shape index (κ3) is 3.15. The number of amides is 1. The molecule has 1 aromatic heterocycles. The van der Waals surface area contributed by atoms with Crippen LogP contribution in [0.3, 0.4) is 0 Å². The number of hydrogen-bond donors (Lipinski definition) is 0. The maximum absolute atomic E-state index is 12.1. The number of aromatic nitrogens is 2. The molecule has 90 valence electrons. The van der Waals surface area contributed by atoms with Gasteiger partial charge in [0.25, 0.3) is 5.91 Å². The number of hydrogen-bond acceptors (Lipinski definition) is 4. The van der Waals surface area contributed by atoms with E-state index in [0.717, 1.165) is 18.5 Å². The fraction of sp³-hybridized carbons (Fsp3) is 0.700. The number of carbonyl (C=O) groups excluding carboxylic acids is 1.